The first-order valence-electron chi connectivity index (χ1n) is 8.22. The SMILES string of the molecule is CCN(CC)C(=O)C1CCN(c2ccn3nccc3n2)C1NC. The molecule has 0 radical (unpaired) electrons. The molecular formula is C16H24N6O. The highest BCUT2D eigenvalue weighted by Crippen LogP contribution is 2.28. The van der Waals surface area contributed by atoms with E-state index in [1.165, 1.54) is 0 Å². The summed E-state index contributed by atoms with van der Waals surface area (Å²) in [6.07, 6.45) is 4.45. The molecule has 1 amide bonds. The number of rotatable bonds is 5. The first kappa shape index (κ1) is 15.7. The highest BCUT2D eigenvalue weighted by molar-refractivity contribution is 5.80. The smallest absolute Gasteiger partial charge is 0.229 e. The highest BCUT2D eigenvalue weighted by Gasteiger charge is 2.39. The van der Waals surface area contributed by atoms with Crippen molar-refractivity contribution in [2.45, 2.75) is 26.4 Å². The number of amides is 1. The summed E-state index contributed by atoms with van der Waals surface area (Å²) in [6, 6.07) is 3.83. The van der Waals surface area contributed by atoms with E-state index < -0.39 is 0 Å². The third kappa shape index (κ3) is 2.76. The number of anilines is 1. The molecule has 124 valence electrons. The van der Waals surface area contributed by atoms with Crippen LogP contribution in [0.15, 0.2) is 24.5 Å². The summed E-state index contributed by atoms with van der Waals surface area (Å²) >= 11 is 0. The molecule has 2 aromatic rings. The number of fused-ring (bicyclic) bond motifs is 1. The van der Waals surface area contributed by atoms with Crippen molar-refractivity contribution in [3.63, 3.8) is 0 Å². The zero-order valence-corrected chi connectivity index (χ0v) is 13.9. The maximum atomic E-state index is 12.7. The van der Waals surface area contributed by atoms with E-state index in [-0.39, 0.29) is 18.0 Å². The maximum absolute atomic E-state index is 12.7. The largest absolute Gasteiger partial charge is 0.343 e. The lowest BCUT2D eigenvalue weighted by atomic mass is 10.0. The van der Waals surface area contributed by atoms with Crippen molar-refractivity contribution in [2.75, 3.05) is 31.6 Å². The Hall–Kier alpha value is -2.15. The average Bonchev–Trinajstić information content (AvgIpc) is 3.21. The van der Waals surface area contributed by atoms with E-state index in [0.717, 1.165) is 37.5 Å². The normalized spacial score (nSPS) is 21.1. The summed E-state index contributed by atoms with van der Waals surface area (Å²) in [5.41, 5.74) is 0.816. The Morgan fingerprint density at radius 1 is 1.39 bits per heavy atom. The predicted molar refractivity (Wildman–Crippen MR) is 89.2 cm³/mol. The monoisotopic (exact) mass is 316 g/mol. The van der Waals surface area contributed by atoms with Gasteiger partial charge in [-0.3, -0.25) is 10.1 Å². The molecular weight excluding hydrogens is 292 g/mol. The van der Waals surface area contributed by atoms with Crippen molar-refractivity contribution in [2.24, 2.45) is 5.92 Å². The highest BCUT2D eigenvalue weighted by atomic mass is 16.2. The molecule has 0 spiro atoms. The Labute approximate surface area is 136 Å². The van der Waals surface area contributed by atoms with Gasteiger partial charge in [0, 0.05) is 31.9 Å². The van der Waals surface area contributed by atoms with Crippen LogP contribution in [-0.4, -0.2) is 58.3 Å². The lowest BCUT2D eigenvalue weighted by Gasteiger charge is -2.30. The van der Waals surface area contributed by atoms with Gasteiger partial charge >= 0.3 is 0 Å². The molecule has 1 fully saturated rings. The van der Waals surface area contributed by atoms with Gasteiger partial charge in [-0.2, -0.15) is 5.10 Å². The molecule has 3 heterocycles. The lowest BCUT2D eigenvalue weighted by Crippen LogP contribution is -2.49. The minimum Gasteiger partial charge on any atom is -0.343 e. The first-order valence-corrected chi connectivity index (χ1v) is 8.22. The van der Waals surface area contributed by atoms with Crippen LogP contribution in [0.25, 0.3) is 5.65 Å². The second-order valence-electron chi connectivity index (χ2n) is 5.75. The van der Waals surface area contributed by atoms with E-state index in [4.69, 9.17) is 0 Å². The summed E-state index contributed by atoms with van der Waals surface area (Å²) in [5, 5.41) is 7.48. The number of carbonyl (C=O) groups excluding carboxylic acids is 1. The van der Waals surface area contributed by atoms with Gasteiger partial charge in [-0.25, -0.2) is 9.50 Å². The first-order chi connectivity index (χ1) is 11.2. The Morgan fingerprint density at radius 3 is 2.87 bits per heavy atom. The van der Waals surface area contributed by atoms with Crippen molar-refractivity contribution in [1.29, 1.82) is 0 Å². The summed E-state index contributed by atoms with van der Waals surface area (Å²) in [5.74, 6) is 1.07. The molecule has 2 atom stereocenters. The summed E-state index contributed by atoms with van der Waals surface area (Å²) in [7, 11) is 1.91. The van der Waals surface area contributed by atoms with Crippen molar-refractivity contribution in [3.8, 4) is 0 Å². The van der Waals surface area contributed by atoms with Gasteiger partial charge in [0.15, 0.2) is 5.65 Å². The van der Waals surface area contributed by atoms with Gasteiger partial charge in [0.1, 0.15) is 5.82 Å². The Bertz CT molecular complexity index is 680. The number of hydrogen-bond donors (Lipinski definition) is 1. The van der Waals surface area contributed by atoms with Crippen LogP contribution >= 0.6 is 0 Å². The molecule has 3 rings (SSSR count). The lowest BCUT2D eigenvalue weighted by molar-refractivity contribution is -0.135. The molecule has 0 saturated carbocycles. The molecule has 2 aromatic heterocycles. The van der Waals surface area contributed by atoms with Gasteiger partial charge in [0.25, 0.3) is 0 Å². The Balaban J connectivity index is 1.85. The summed E-state index contributed by atoms with van der Waals surface area (Å²) in [6.45, 7) is 6.38. The second kappa shape index (κ2) is 6.54. The van der Waals surface area contributed by atoms with Crippen LogP contribution in [0.2, 0.25) is 0 Å². The third-order valence-corrected chi connectivity index (χ3v) is 4.62. The van der Waals surface area contributed by atoms with Crippen molar-refractivity contribution in [3.05, 3.63) is 24.5 Å². The molecule has 1 aliphatic heterocycles. The standard InChI is InChI=1S/C16H24N6O/c1-4-20(5-2)16(23)12-7-10-21(15(12)17-3)13-8-11-22-14(19-13)6-9-18-22/h6,8-9,11-12,15,17H,4-5,7,10H2,1-3H3. The van der Waals surface area contributed by atoms with E-state index in [0.29, 0.717) is 0 Å². The van der Waals surface area contributed by atoms with E-state index >= 15 is 0 Å². The topological polar surface area (TPSA) is 65.8 Å². The number of carbonyl (C=O) groups is 1. The minimum atomic E-state index is -0.0390. The minimum absolute atomic E-state index is 0.0269. The fourth-order valence-electron chi connectivity index (χ4n) is 3.40. The van der Waals surface area contributed by atoms with Crippen LogP contribution < -0.4 is 10.2 Å². The van der Waals surface area contributed by atoms with E-state index in [1.807, 2.05) is 44.1 Å². The molecule has 1 saturated heterocycles. The van der Waals surface area contributed by atoms with Gasteiger partial charge in [-0.05, 0) is 33.4 Å². The number of nitrogens with zero attached hydrogens (tertiary/aromatic N) is 5. The summed E-state index contributed by atoms with van der Waals surface area (Å²) < 4.78 is 1.74. The molecule has 0 aromatic carbocycles. The fourth-order valence-corrected chi connectivity index (χ4v) is 3.40. The zero-order chi connectivity index (χ0) is 16.4. The van der Waals surface area contributed by atoms with Gasteiger partial charge in [-0.15, -0.1) is 0 Å². The number of aromatic nitrogens is 3. The van der Waals surface area contributed by atoms with Gasteiger partial charge in [0.05, 0.1) is 18.3 Å². The molecule has 1 aliphatic rings. The molecule has 0 bridgehead atoms. The molecule has 2 unspecified atom stereocenters. The number of nitrogens with one attached hydrogen (secondary N) is 1. The van der Waals surface area contributed by atoms with Crippen LogP contribution in [0, 0.1) is 5.92 Å². The molecule has 1 N–H and O–H groups in total. The van der Waals surface area contributed by atoms with Gasteiger partial charge in [0.2, 0.25) is 5.91 Å². The quantitative estimate of drug-likeness (QED) is 0.890. The van der Waals surface area contributed by atoms with Crippen LogP contribution in [0.1, 0.15) is 20.3 Å². The predicted octanol–water partition coefficient (Wildman–Crippen LogP) is 0.969. The third-order valence-electron chi connectivity index (χ3n) is 4.62. The summed E-state index contributed by atoms with van der Waals surface area (Å²) in [4.78, 5) is 21.5. The van der Waals surface area contributed by atoms with Crippen molar-refractivity contribution >= 4 is 17.4 Å². The molecule has 23 heavy (non-hydrogen) atoms. The van der Waals surface area contributed by atoms with E-state index in [2.05, 4.69) is 20.3 Å². The van der Waals surface area contributed by atoms with Crippen LogP contribution in [0.5, 0.6) is 0 Å². The van der Waals surface area contributed by atoms with Crippen LogP contribution in [0.4, 0.5) is 5.82 Å². The average molecular weight is 316 g/mol. The Kier molecular flexibility index (Phi) is 4.47. The number of hydrogen-bond acceptors (Lipinski definition) is 5. The van der Waals surface area contributed by atoms with Crippen molar-refractivity contribution < 1.29 is 4.79 Å². The molecule has 7 heteroatoms. The van der Waals surface area contributed by atoms with Gasteiger partial charge < -0.3 is 9.80 Å². The molecule has 7 nitrogen and oxygen atoms in total. The molecule has 0 aliphatic carbocycles. The second-order valence-corrected chi connectivity index (χ2v) is 5.75. The Morgan fingerprint density at radius 2 is 2.17 bits per heavy atom. The van der Waals surface area contributed by atoms with E-state index in [9.17, 15) is 4.79 Å². The van der Waals surface area contributed by atoms with Crippen LogP contribution in [-0.2, 0) is 4.79 Å². The van der Waals surface area contributed by atoms with E-state index in [1.54, 1.807) is 10.7 Å². The maximum Gasteiger partial charge on any atom is 0.229 e. The zero-order valence-electron chi connectivity index (χ0n) is 13.9. The van der Waals surface area contributed by atoms with Gasteiger partial charge in [-0.1, -0.05) is 0 Å². The fraction of sp³-hybridized carbons (Fsp3) is 0.562. The van der Waals surface area contributed by atoms with Crippen molar-refractivity contribution in [1.82, 2.24) is 24.8 Å². The van der Waals surface area contributed by atoms with Crippen LogP contribution in [0.3, 0.4) is 0 Å².